The van der Waals surface area contributed by atoms with E-state index < -0.39 is 15.2 Å². The van der Waals surface area contributed by atoms with Crippen molar-refractivity contribution in [1.29, 1.82) is 0 Å². The second kappa shape index (κ2) is 12.8. The van der Waals surface area contributed by atoms with Crippen LogP contribution in [0.1, 0.15) is 37.4 Å². The molecule has 0 aliphatic heterocycles. The van der Waals surface area contributed by atoms with Gasteiger partial charge in [0.25, 0.3) is 0 Å². The largest absolute Gasteiger partial charge is 0.335 e. The first-order valence-electron chi connectivity index (χ1n) is 11.4. The maximum absolute atomic E-state index is 12.8. The third-order valence-corrected chi connectivity index (χ3v) is 11.5. The highest BCUT2D eigenvalue weighted by atomic mass is 32.1. The van der Waals surface area contributed by atoms with E-state index in [-0.39, 0.29) is 12.3 Å². The van der Waals surface area contributed by atoms with Crippen molar-refractivity contribution in [3.05, 3.63) is 58.3 Å². The van der Waals surface area contributed by atoms with Crippen molar-refractivity contribution in [2.75, 3.05) is 26.4 Å². The van der Waals surface area contributed by atoms with E-state index >= 15 is 0 Å². The van der Waals surface area contributed by atoms with Crippen LogP contribution in [-0.4, -0.2) is 26.4 Å². The summed E-state index contributed by atoms with van der Waals surface area (Å²) in [5.41, 5.74) is 2.19. The Bertz CT molecular complexity index is 1030. The molecule has 0 unspecified atom stereocenters. The smallest absolute Gasteiger partial charge is 0.309 e. The summed E-state index contributed by atoms with van der Waals surface area (Å²) in [5.74, 6) is 0. The van der Waals surface area contributed by atoms with Crippen LogP contribution in [0, 0.1) is 0 Å². The quantitative estimate of drug-likeness (QED) is 0.190. The van der Waals surface area contributed by atoms with Gasteiger partial charge in [0, 0.05) is 19.5 Å². The van der Waals surface area contributed by atoms with Crippen LogP contribution in [0.2, 0.25) is 0 Å². The lowest BCUT2D eigenvalue weighted by atomic mass is 10.1. The maximum Gasteiger partial charge on any atom is 0.335 e. The fraction of sp³-hybridized carbons (Fsp3) is 0.417. The van der Waals surface area contributed by atoms with E-state index in [9.17, 15) is 9.13 Å². The van der Waals surface area contributed by atoms with Crippen molar-refractivity contribution >= 4 is 37.9 Å². The van der Waals surface area contributed by atoms with E-state index in [1.807, 2.05) is 52.0 Å². The first-order chi connectivity index (χ1) is 16.3. The van der Waals surface area contributed by atoms with Gasteiger partial charge < -0.3 is 18.1 Å². The first kappa shape index (κ1) is 27.5. The van der Waals surface area contributed by atoms with Gasteiger partial charge in [0.2, 0.25) is 0 Å². The van der Waals surface area contributed by atoms with Crippen molar-refractivity contribution in [1.82, 2.24) is 0 Å². The fourth-order valence-electron chi connectivity index (χ4n) is 3.46. The summed E-state index contributed by atoms with van der Waals surface area (Å²) in [6.45, 7) is 8.71. The van der Waals surface area contributed by atoms with Crippen LogP contribution < -0.4 is 0 Å². The van der Waals surface area contributed by atoms with E-state index in [1.54, 1.807) is 22.7 Å². The Balaban J connectivity index is 1.71. The summed E-state index contributed by atoms with van der Waals surface area (Å²) in [5, 5.41) is 0. The molecule has 1 aromatic carbocycles. The van der Waals surface area contributed by atoms with Crippen LogP contribution in [0.25, 0.3) is 20.9 Å². The molecule has 186 valence electrons. The van der Waals surface area contributed by atoms with Crippen molar-refractivity contribution in [3.8, 4) is 20.9 Å². The minimum atomic E-state index is -3.12. The molecule has 3 aromatic rings. The Morgan fingerprint density at radius 1 is 0.559 bits per heavy atom. The maximum atomic E-state index is 12.8. The molecule has 0 bridgehead atoms. The summed E-state index contributed by atoms with van der Waals surface area (Å²) in [4.78, 5) is 4.14. The lowest BCUT2D eigenvalue weighted by Gasteiger charge is -2.15. The Labute approximate surface area is 210 Å². The van der Waals surface area contributed by atoms with E-state index in [2.05, 4.69) is 24.3 Å². The van der Waals surface area contributed by atoms with Gasteiger partial charge >= 0.3 is 15.2 Å². The molecular formula is C24H32O6P2S2. The van der Waals surface area contributed by atoms with Crippen LogP contribution in [0.3, 0.4) is 0 Å². The standard InChI is InChI=1S/C24H32O6P2S2/c1-5-27-31(25,28-6-2)17-21-13-15-23(33-21)19-9-11-20(12-10-19)24-16-14-22(34-24)18-32(26,29-7-3)30-8-4/h9-16H,5-8,17-18H2,1-4H3. The zero-order valence-corrected chi connectivity index (χ0v) is 23.4. The second-order valence-electron chi connectivity index (χ2n) is 7.32. The van der Waals surface area contributed by atoms with Gasteiger partial charge in [-0.1, -0.05) is 24.3 Å². The van der Waals surface area contributed by atoms with Gasteiger partial charge in [0.05, 0.1) is 38.8 Å². The molecule has 10 heteroatoms. The molecule has 0 fully saturated rings. The second-order valence-corrected chi connectivity index (χ2v) is 13.8. The average Bonchev–Trinajstić information content (AvgIpc) is 3.44. The molecule has 0 saturated carbocycles. The molecule has 0 aliphatic rings. The topological polar surface area (TPSA) is 71.1 Å². The van der Waals surface area contributed by atoms with Crippen molar-refractivity contribution in [3.63, 3.8) is 0 Å². The van der Waals surface area contributed by atoms with Gasteiger partial charge in [-0.05, 0) is 63.1 Å². The average molecular weight is 543 g/mol. The van der Waals surface area contributed by atoms with Crippen LogP contribution in [0.5, 0.6) is 0 Å². The molecule has 34 heavy (non-hydrogen) atoms. The van der Waals surface area contributed by atoms with Gasteiger partial charge in [-0.3, -0.25) is 9.13 Å². The van der Waals surface area contributed by atoms with Crippen LogP contribution >= 0.6 is 37.9 Å². The van der Waals surface area contributed by atoms with E-state index in [0.29, 0.717) is 26.4 Å². The predicted octanol–water partition coefficient (Wildman–Crippen LogP) is 8.68. The number of benzene rings is 1. The molecule has 6 nitrogen and oxygen atoms in total. The number of thiophene rings is 2. The highest BCUT2D eigenvalue weighted by Gasteiger charge is 2.26. The zero-order valence-electron chi connectivity index (χ0n) is 20.0. The first-order valence-corrected chi connectivity index (χ1v) is 16.5. The molecular weight excluding hydrogens is 510 g/mol. The highest BCUT2D eigenvalue weighted by Crippen LogP contribution is 2.53. The number of rotatable bonds is 14. The summed E-state index contributed by atoms with van der Waals surface area (Å²) in [7, 11) is -6.23. The predicted molar refractivity (Wildman–Crippen MR) is 142 cm³/mol. The Morgan fingerprint density at radius 2 is 0.882 bits per heavy atom. The van der Waals surface area contributed by atoms with Crippen LogP contribution in [-0.2, 0) is 39.5 Å². The van der Waals surface area contributed by atoms with E-state index in [4.69, 9.17) is 18.1 Å². The van der Waals surface area contributed by atoms with Gasteiger partial charge in [0.15, 0.2) is 0 Å². The summed E-state index contributed by atoms with van der Waals surface area (Å²) in [6, 6.07) is 16.4. The van der Waals surface area contributed by atoms with Gasteiger partial charge in [-0.25, -0.2) is 0 Å². The molecule has 0 radical (unpaired) electrons. The summed E-state index contributed by atoms with van der Waals surface area (Å²) < 4.78 is 47.3. The van der Waals surface area contributed by atoms with E-state index in [1.165, 1.54) is 0 Å². The number of hydrogen-bond donors (Lipinski definition) is 0. The molecule has 2 aromatic heterocycles. The van der Waals surface area contributed by atoms with Crippen molar-refractivity contribution in [2.24, 2.45) is 0 Å². The molecule has 0 N–H and O–H groups in total. The van der Waals surface area contributed by atoms with Crippen molar-refractivity contribution < 1.29 is 27.2 Å². The Morgan fingerprint density at radius 3 is 1.18 bits per heavy atom. The Hall–Kier alpha value is -1.08. The van der Waals surface area contributed by atoms with Crippen LogP contribution in [0.4, 0.5) is 0 Å². The lowest BCUT2D eigenvalue weighted by molar-refractivity contribution is 0.218. The normalized spacial score (nSPS) is 12.4. The molecule has 0 atom stereocenters. The monoisotopic (exact) mass is 542 g/mol. The molecule has 3 rings (SSSR count). The lowest BCUT2D eigenvalue weighted by Crippen LogP contribution is -1.97. The molecule has 0 amide bonds. The third kappa shape index (κ3) is 7.46. The SMILES string of the molecule is CCOP(=O)(Cc1ccc(-c2ccc(-c3ccc(CP(=O)(OCC)OCC)s3)cc2)s1)OCC. The van der Waals surface area contributed by atoms with Crippen molar-refractivity contribution in [2.45, 2.75) is 40.0 Å². The Kier molecular flexibility index (Phi) is 10.3. The van der Waals surface area contributed by atoms with Gasteiger partial charge in [-0.15, -0.1) is 22.7 Å². The fourth-order valence-corrected chi connectivity index (χ4v) is 9.60. The molecule has 2 heterocycles. The molecule has 0 aliphatic carbocycles. The number of hydrogen-bond acceptors (Lipinski definition) is 8. The highest BCUT2D eigenvalue weighted by molar-refractivity contribution is 7.53. The van der Waals surface area contributed by atoms with Gasteiger partial charge in [-0.2, -0.15) is 0 Å². The third-order valence-electron chi connectivity index (χ3n) is 4.78. The summed E-state index contributed by atoms with van der Waals surface area (Å²) in [6.07, 6.45) is 0.561. The van der Waals surface area contributed by atoms with Crippen LogP contribution in [0.15, 0.2) is 48.5 Å². The molecule has 0 saturated heterocycles. The van der Waals surface area contributed by atoms with E-state index in [0.717, 1.165) is 30.6 Å². The summed E-state index contributed by atoms with van der Waals surface area (Å²) >= 11 is 3.19. The minimum absolute atomic E-state index is 0.281. The molecule has 0 spiro atoms. The zero-order chi connectivity index (χ0) is 24.6. The van der Waals surface area contributed by atoms with Gasteiger partial charge in [0.1, 0.15) is 0 Å². The minimum Gasteiger partial charge on any atom is -0.309 e.